The first-order valence-corrected chi connectivity index (χ1v) is 6.29. The fourth-order valence-electron chi connectivity index (χ4n) is 1.81. The van der Waals surface area contributed by atoms with E-state index in [0.717, 1.165) is 12.2 Å². The van der Waals surface area contributed by atoms with Crippen LogP contribution in [0.1, 0.15) is 38.8 Å². The molecule has 2 nitrogen and oxygen atoms in total. The zero-order valence-corrected chi connectivity index (χ0v) is 11.9. The van der Waals surface area contributed by atoms with E-state index in [9.17, 15) is 0 Å². The zero-order valence-electron chi connectivity index (χ0n) is 11.9. The third-order valence-electron chi connectivity index (χ3n) is 2.92. The highest BCUT2D eigenvalue weighted by Crippen LogP contribution is 2.22. The third kappa shape index (κ3) is 4.39. The van der Waals surface area contributed by atoms with Crippen LogP contribution in [-0.2, 0) is 6.42 Å². The quantitative estimate of drug-likeness (QED) is 0.845. The van der Waals surface area contributed by atoms with Crippen molar-refractivity contribution < 1.29 is 4.74 Å². The summed E-state index contributed by atoms with van der Waals surface area (Å²) in [6.45, 7) is 10.6. The van der Waals surface area contributed by atoms with Gasteiger partial charge in [0.25, 0.3) is 0 Å². The van der Waals surface area contributed by atoms with E-state index in [-0.39, 0.29) is 11.6 Å². The normalized spacial score (nSPS) is 11.9. The Morgan fingerprint density at radius 1 is 1.29 bits per heavy atom. The Bertz CT molecular complexity index is 369. The van der Waals surface area contributed by atoms with Gasteiger partial charge in [0.05, 0.1) is 6.10 Å². The first-order valence-electron chi connectivity index (χ1n) is 6.29. The zero-order chi connectivity index (χ0) is 13.1. The highest BCUT2D eigenvalue weighted by molar-refractivity contribution is 5.37. The van der Waals surface area contributed by atoms with Crippen molar-refractivity contribution in [3.63, 3.8) is 0 Å². The molecule has 1 aromatic rings. The monoisotopic (exact) mass is 235 g/mol. The maximum atomic E-state index is 5.74. The van der Waals surface area contributed by atoms with Crippen LogP contribution in [0.2, 0.25) is 0 Å². The summed E-state index contributed by atoms with van der Waals surface area (Å²) in [6.07, 6.45) is 1.25. The van der Waals surface area contributed by atoms with E-state index in [0.29, 0.717) is 0 Å². The van der Waals surface area contributed by atoms with Crippen molar-refractivity contribution in [2.45, 2.75) is 52.7 Å². The van der Waals surface area contributed by atoms with Gasteiger partial charge in [-0.05, 0) is 65.3 Å². The van der Waals surface area contributed by atoms with Crippen LogP contribution in [0.15, 0.2) is 18.2 Å². The maximum Gasteiger partial charge on any atom is 0.122 e. The lowest BCUT2D eigenvalue weighted by atomic mass is 9.94. The Labute approximate surface area is 105 Å². The van der Waals surface area contributed by atoms with Gasteiger partial charge in [-0.25, -0.2) is 0 Å². The summed E-state index contributed by atoms with van der Waals surface area (Å²) >= 11 is 0. The molecule has 0 aliphatic rings. The fourth-order valence-corrected chi connectivity index (χ4v) is 1.81. The van der Waals surface area contributed by atoms with Crippen LogP contribution in [0.4, 0.5) is 0 Å². The van der Waals surface area contributed by atoms with Crippen molar-refractivity contribution in [3.05, 3.63) is 29.3 Å². The molecule has 0 saturated heterocycles. The van der Waals surface area contributed by atoms with Gasteiger partial charge in [-0.3, -0.25) is 0 Å². The molecule has 0 spiro atoms. The summed E-state index contributed by atoms with van der Waals surface area (Å²) in [5.74, 6) is 0.992. The molecule has 0 unspecified atom stereocenters. The minimum absolute atomic E-state index is 0.132. The Kier molecular flexibility index (Phi) is 4.58. The van der Waals surface area contributed by atoms with Gasteiger partial charge in [-0.2, -0.15) is 0 Å². The molecule has 0 aliphatic carbocycles. The molecule has 1 aromatic carbocycles. The Hall–Kier alpha value is -1.02. The van der Waals surface area contributed by atoms with Crippen molar-refractivity contribution in [1.29, 1.82) is 0 Å². The SMILES string of the molecule is CNC(C)(C)Cc1ccc(OC(C)C)c(C)c1. The van der Waals surface area contributed by atoms with Crippen LogP contribution in [-0.4, -0.2) is 18.7 Å². The average Bonchev–Trinajstić information content (AvgIpc) is 2.21. The molecular weight excluding hydrogens is 210 g/mol. The van der Waals surface area contributed by atoms with Gasteiger partial charge in [-0.15, -0.1) is 0 Å². The van der Waals surface area contributed by atoms with Gasteiger partial charge >= 0.3 is 0 Å². The van der Waals surface area contributed by atoms with E-state index in [1.165, 1.54) is 11.1 Å². The summed E-state index contributed by atoms with van der Waals surface area (Å²) in [6, 6.07) is 6.46. The minimum Gasteiger partial charge on any atom is -0.491 e. The molecule has 96 valence electrons. The molecular formula is C15H25NO. The van der Waals surface area contributed by atoms with Crippen LogP contribution >= 0.6 is 0 Å². The summed E-state index contributed by atoms with van der Waals surface area (Å²) in [5.41, 5.74) is 2.69. The first kappa shape index (κ1) is 14.0. The van der Waals surface area contributed by atoms with Gasteiger partial charge in [0, 0.05) is 5.54 Å². The van der Waals surface area contributed by atoms with E-state index >= 15 is 0 Å². The summed E-state index contributed by atoms with van der Waals surface area (Å²) in [7, 11) is 2.00. The van der Waals surface area contributed by atoms with Crippen molar-refractivity contribution >= 4 is 0 Å². The van der Waals surface area contributed by atoms with Crippen LogP contribution in [0.25, 0.3) is 0 Å². The topological polar surface area (TPSA) is 21.3 Å². The smallest absolute Gasteiger partial charge is 0.122 e. The second-order valence-corrected chi connectivity index (χ2v) is 5.58. The molecule has 0 atom stereocenters. The molecule has 0 aromatic heterocycles. The molecule has 2 heteroatoms. The first-order chi connectivity index (χ1) is 7.84. The number of rotatable bonds is 5. The number of nitrogens with one attached hydrogen (secondary N) is 1. The third-order valence-corrected chi connectivity index (χ3v) is 2.92. The van der Waals surface area contributed by atoms with E-state index < -0.39 is 0 Å². The number of benzene rings is 1. The van der Waals surface area contributed by atoms with Gasteiger partial charge in [0.2, 0.25) is 0 Å². The molecule has 0 aliphatic heterocycles. The Morgan fingerprint density at radius 2 is 1.94 bits per heavy atom. The molecule has 0 amide bonds. The molecule has 0 saturated carbocycles. The van der Waals surface area contributed by atoms with Gasteiger partial charge < -0.3 is 10.1 Å². The lowest BCUT2D eigenvalue weighted by Gasteiger charge is -2.24. The molecule has 17 heavy (non-hydrogen) atoms. The number of aryl methyl sites for hydroxylation is 1. The molecule has 0 bridgehead atoms. The van der Waals surface area contributed by atoms with E-state index in [4.69, 9.17) is 4.74 Å². The number of ether oxygens (including phenoxy) is 1. The molecule has 0 heterocycles. The van der Waals surface area contributed by atoms with Crippen LogP contribution in [0.3, 0.4) is 0 Å². The van der Waals surface area contributed by atoms with E-state index in [2.05, 4.69) is 58.1 Å². The maximum absolute atomic E-state index is 5.74. The molecule has 0 radical (unpaired) electrons. The highest BCUT2D eigenvalue weighted by Gasteiger charge is 2.15. The second kappa shape index (κ2) is 5.54. The van der Waals surface area contributed by atoms with Crippen molar-refractivity contribution in [1.82, 2.24) is 5.32 Å². The minimum atomic E-state index is 0.132. The molecule has 0 fully saturated rings. The fraction of sp³-hybridized carbons (Fsp3) is 0.600. The van der Waals surface area contributed by atoms with Crippen LogP contribution in [0, 0.1) is 6.92 Å². The highest BCUT2D eigenvalue weighted by atomic mass is 16.5. The van der Waals surface area contributed by atoms with Crippen molar-refractivity contribution in [2.75, 3.05) is 7.05 Å². The molecule has 1 N–H and O–H groups in total. The van der Waals surface area contributed by atoms with Gasteiger partial charge in [-0.1, -0.05) is 12.1 Å². The number of hydrogen-bond acceptors (Lipinski definition) is 2. The van der Waals surface area contributed by atoms with Gasteiger partial charge in [0.1, 0.15) is 5.75 Å². The summed E-state index contributed by atoms with van der Waals surface area (Å²) < 4.78 is 5.74. The Balaban J connectivity index is 2.82. The van der Waals surface area contributed by atoms with Crippen LogP contribution in [0.5, 0.6) is 5.75 Å². The van der Waals surface area contributed by atoms with E-state index in [1.54, 1.807) is 0 Å². The predicted molar refractivity (Wildman–Crippen MR) is 73.8 cm³/mol. The summed E-state index contributed by atoms with van der Waals surface area (Å²) in [5, 5.41) is 3.32. The predicted octanol–water partition coefficient (Wildman–Crippen LogP) is 3.32. The second-order valence-electron chi connectivity index (χ2n) is 5.58. The summed E-state index contributed by atoms with van der Waals surface area (Å²) in [4.78, 5) is 0. The largest absolute Gasteiger partial charge is 0.491 e. The van der Waals surface area contributed by atoms with Crippen molar-refractivity contribution in [3.8, 4) is 5.75 Å². The van der Waals surface area contributed by atoms with Crippen molar-refractivity contribution in [2.24, 2.45) is 0 Å². The lowest BCUT2D eigenvalue weighted by Crippen LogP contribution is -2.38. The average molecular weight is 235 g/mol. The van der Waals surface area contributed by atoms with Gasteiger partial charge in [0.15, 0.2) is 0 Å². The van der Waals surface area contributed by atoms with Crippen LogP contribution < -0.4 is 10.1 Å². The standard InChI is InChI=1S/C15H25NO/c1-11(2)17-14-8-7-13(9-12(14)3)10-15(4,5)16-6/h7-9,11,16H,10H2,1-6H3. The number of likely N-dealkylation sites (N-methyl/N-ethyl adjacent to an activating group) is 1. The Morgan fingerprint density at radius 3 is 2.41 bits per heavy atom. The number of hydrogen-bond donors (Lipinski definition) is 1. The molecule has 1 rings (SSSR count). The lowest BCUT2D eigenvalue weighted by molar-refractivity contribution is 0.240. The van der Waals surface area contributed by atoms with E-state index in [1.807, 2.05) is 7.05 Å².